The number of rotatable bonds is 9. The number of hydrogen-bond donors (Lipinski definition) is 0. The zero-order valence-corrected chi connectivity index (χ0v) is 22.8. The average molecular weight is 536 g/mol. The van der Waals surface area contributed by atoms with E-state index in [2.05, 4.69) is 5.38 Å². The highest BCUT2D eigenvalue weighted by atomic mass is 32.1. The number of benzene rings is 2. The molecule has 0 radical (unpaired) electrons. The Balaban J connectivity index is 1.53. The maximum Gasteiger partial charge on any atom is 0.314 e. The van der Waals surface area contributed by atoms with E-state index in [1.54, 1.807) is 44.9 Å². The number of ether oxygens (including phenoxy) is 4. The summed E-state index contributed by atoms with van der Waals surface area (Å²) in [4.78, 5) is 18.1. The summed E-state index contributed by atoms with van der Waals surface area (Å²) >= 11 is 1.56. The zero-order valence-electron chi connectivity index (χ0n) is 22.0. The van der Waals surface area contributed by atoms with Crippen molar-refractivity contribution in [2.45, 2.75) is 51.0 Å². The topological polar surface area (TPSA) is 83.6 Å². The van der Waals surface area contributed by atoms with Gasteiger partial charge in [-0.25, -0.2) is 4.68 Å². The Hall–Kier alpha value is -3.59. The molecule has 0 saturated heterocycles. The minimum Gasteiger partial charge on any atom is -0.497 e. The number of nitrogens with zero attached hydrogens (tertiary/aromatic N) is 3. The van der Waals surface area contributed by atoms with Crippen LogP contribution in [0, 0.1) is 5.92 Å². The molecule has 0 aliphatic heterocycles. The Kier molecular flexibility index (Phi) is 8.12. The first-order chi connectivity index (χ1) is 18.6. The molecule has 0 atom stereocenters. The lowest BCUT2D eigenvalue weighted by Crippen LogP contribution is -2.19. The predicted molar refractivity (Wildman–Crippen MR) is 148 cm³/mol. The quantitative estimate of drug-likeness (QED) is 0.200. The van der Waals surface area contributed by atoms with Crippen LogP contribution in [-0.2, 0) is 4.79 Å². The Morgan fingerprint density at radius 2 is 1.68 bits per heavy atom. The fraction of sp³-hybridized carbons (Fsp3) is 0.414. The summed E-state index contributed by atoms with van der Waals surface area (Å²) in [5.41, 5.74) is 2.53. The molecule has 9 heteroatoms. The van der Waals surface area contributed by atoms with E-state index in [9.17, 15) is 4.79 Å². The molecule has 2 saturated carbocycles. The van der Waals surface area contributed by atoms with Crippen LogP contribution in [0.2, 0.25) is 0 Å². The molecule has 2 fully saturated rings. The van der Waals surface area contributed by atoms with Crippen molar-refractivity contribution in [3.05, 3.63) is 52.1 Å². The maximum absolute atomic E-state index is 12.1. The molecule has 0 bridgehead atoms. The number of thiazole rings is 1. The van der Waals surface area contributed by atoms with Crippen LogP contribution < -0.4 is 23.7 Å². The number of methoxy groups -OCH3 is 3. The fourth-order valence-corrected chi connectivity index (χ4v) is 5.45. The Morgan fingerprint density at radius 1 is 0.921 bits per heavy atom. The molecule has 2 aromatic carbocycles. The van der Waals surface area contributed by atoms with Crippen molar-refractivity contribution < 1.29 is 23.7 Å². The normalized spacial score (nSPS) is 16.6. The van der Waals surface area contributed by atoms with Crippen LogP contribution in [0.25, 0.3) is 11.3 Å². The van der Waals surface area contributed by atoms with E-state index in [0.717, 1.165) is 58.8 Å². The molecule has 2 aliphatic rings. The standard InChI is InChI=1S/C29H33N3O5S/c1-34-22-12-14-25(35-2)23(16-22)24-18-38-29(31-21-7-5-4-6-8-21)32(24)30-17-19-9-13-26(27(15-19)36-3)37-28(33)20-10-11-20/h9,12-18,20-21H,4-8,10-11H2,1-3H3. The molecule has 38 heavy (non-hydrogen) atoms. The van der Waals surface area contributed by atoms with Crippen LogP contribution in [-0.4, -0.2) is 44.2 Å². The van der Waals surface area contributed by atoms with Gasteiger partial charge in [-0.3, -0.25) is 9.79 Å². The van der Waals surface area contributed by atoms with Gasteiger partial charge < -0.3 is 18.9 Å². The van der Waals surface area contributed by atoms with Crippen LogP contribution >= 0.6 is 11.3 Å². The lowest BCUT2D eigenvalue weighted by atomic mass is 9.96. The third-order valence-corrected chi connectivity index (χ3v) is 7.70. The van der Waals surface area contributed by atoms with Gasteiger partial charge in [0.2, 0.25) is 4.80 Å². The minimum absolute atomic E-state index is 0.00861. The lowest BCUT2D eigenvalue weighted by Gasteiger charge is -2.17. The van der Waals surface area contributed by atoms with E-state index < -0.39 is 0 Å². The van der Waals surface area contributed by atoms with Gasteiger partial charge in [0.15, 0.2) is 11.5 Å². The molecule has 200 valence electrons. The van der Waals surface area contributed by atoms with Crippen molar-refractivity contribution in [2.75, 3.05) is 21.3 Å². The molecule has 5 rings (SSSR count). The lowest BCUT2D eigenvalue weighted by molar-refractivity contribution is -0.135. The van der Waals surface area contributed by atoms with Crippen molar-refractivity contribution in [3.8, 4) is 34.3 Å². The second-order valence-electron chi connectivity index (χ2n) is 9.55. The highest BCUT2D eigenvalue weighted by Crippen LogP contribution is 2.35. The van der Waals surface area contributed by atoms with Gasteiger partial charge in [0.25, 0.3) is 0 Å². The number of carbonyl (C=O) groups excluding carboxylic acids is 1. The van der Waals surface area contributed by atoms with Gasteiger partial charge in [-0.2, -0.15) is 5.10 Å². The number of esters is 1. The van der Waals surface area contributed by atoms with E-state index in [0.29, 0.717) is 17.5 Å². The summed E-state index contributed by atoms with van der Waals surface area (Å²) in [5.74, 6) is 2.16. The van der Waals surface area contributed by atoms with E-state index in [4.69, 9.17) is 29.0 Å². The Labute approximate surface area is 226 Å². The minimum atomic E-state index is -0.204. The van der Waals surface area contributed by atoms with E-state index in [-0.39, 0.29) is 11.9 Å². The third kappa shape index (κ3) is 5.93. The summed E-state index contributed by atoms with van der Waals surface area (Å²) in [6.45, 7) is 0. The average Bonchev–Trinajstić information content (AvgIpc) is 3.74. The molecule has 0 spiro atoms. The van der Waals surface area contributed by atoms with Gasteiger partial charge in [0, 0.05) is 10.9 Å². The molecule has 0 N–H and O–H groups in total. The molecule has 8 nitrogen and oxygen atoms in total. The summed E-state index contributed by atoms with van der Waals surface area (Å²) in [7, 11) is 4.86. The van der Waals surface area contributed by atoms with Gasteiger partial charge in [-0.1, -0.05) is 19.3 Å². The molecule has 2 aliphatic carbocycles. The van der Waals surface area contributed by atoms with Crippen LogP contribution in [0.1, 0.15) is 50.5 Å². The Bertz CT molecular complexity index is 1380. The van der Waals surface area contributed by atoms with E-state index in [1.165, 1.54) is 19.3 Å². The summed E-state index contributed by atoms with van der Waals surface area (Å²) in [6.07, 6.45) is 9.41. The highest BCUT2D eigenvalue weighted by Gasteiger charge is 2.32. The first-order valence-corrected chi connectivity index (χ1v) is 13.9. The molecular formula is C29H33N3O5S. The number of hydrogen-bond acceptors (Lipinski definition) is 8. The summed E-state index contributed by atoms with van der Waals surface area (Å²) < 4.78 is 24.1. The van der Waals surface area contributed by atoms with Crippen molar-refractivity contribution >= 4 is 23.5 Å². The van der Waals surface area contributed by atoms with Crippen LogP contribution in [0.5, 0.6) is 23.0 Å². The second-order valence-corrected chi connectivity index (χ2v) is 10.4. The fourth-order valence-electron chi connectivity index (χ4n) is 4.55. The summed E-state index contributed by atoms with van der Waals surface area (Å²) in [5, 5.41) is 6.91. The van der Waals surface area contributed by atoms with Gasteiger partial charge in [-0.05, 0) is 67.6 Å². The van der Waals surface area contributed by atoms with Gasteiger partial charge in [0.05, 0.1) is 45.2 Å². The highest BCUT2D eigenvalue weighted by molar-refractivity contribution is 7.07. The zero-order chi connectivity index (χ0) is 26.5. The van der Waals surface area contributed by atoms with E-state index >= 15 is 0 Å². The Morgan fingerprint density at radius 3 is 2.39 bits per heavy atom. The molecule has 1 heterocycles. The first kappa shape index (κ1) is 26.0. The largest absolute Gasteiger partial charge is 0.497 e. The predicted octanol–water partition coefficient (Wildman–Crippen LogP) is 5.67. The molecule has 0 amide bonds. The molecule has 0 unspecified atom stereocenters. The van der Waals surface area contributed by atoms with E-state index in [1.807, 2.05) is 35.0 Å². The first-order valence-electron chi connectivity index (χ1n) is 13.0. The SMILES string of the molecule is COc1ccc(OC)c(-c2csc(=NC3CCCCC3)n2N=Cc2ccc(OC(=O)C3CC3)c(OC)c2)c1. The maximum atomic E-state index is 12.1. The van der Waals surface area contributed by atoms with Crippen LogP contribution in [0.15, 0.2) is 51.9 Å². The van der Waals surface area contributed by atoms with Gasteiger partial charge >= 0.3 is 5.97 Å². The van der Waals surface area contributed by atoms with Gasteiger partial charge in [0.1, 0.15) is 11.5 Å². The monoisotopic (exact) mass is 535 g/mol. The molecular weight excluding hydrogens is 502 g/mol. The van der Waals surface area contributed by atoms with Crippen molar-refractivity contribution in [1.29, 1.82) is 0 Å². The number of aromatic nitrogens is 1. The van der Waals surface area contributed by atoms with Gasteiger partial charge in [-0.15, -0.1) is 11.3 Å². The molecule has 3 aromatic rings. The number of carbonyl (C=O) groups is 1. The van der Waals surface area contributed by atoms with Crippen LogP contribution in [0.3, 0.4) is 0 Å². The second kappa shape index (κ2) is 11.9. The molecule has 1 aromatic heterocycles. The van der Waals surface area contributed by atoms with Crippen LogP contribution in [0.4, 0.5) is 0 Å². The van der Waals surface area contributed by atoms with Crippen molar-refractivity contribution in [1.82, 2.24) is 4.68 Å². The smallest absolute Gasteiger partial charge is 0.314 e. The third-order valence-electron chi connectivity index (χ3n) is 6.87. The summed E-state index contributed by atoms with van der Waals surface area (Å²) in [6, 6.07) is 11.4. The van der Waals surface area contributed by atoms with Crippen molar-refractivity contribution in [2.24, 2.45) is 16.0 Å². The van der Waals surface area contributed by atoms with Crippen molar-refractivity contribution in [3.63, 3.8) is 0 Å².